The van der Waals surface area contributed by atoms with Crippen LogP contribution < -0.4 is 0 Å². The monoisotopic (exact) mass is 265 g/mol. The Kier molecular flexibility index (Phi) is 2.86. The van der Waals surface area contributed by atoms with Crippen molar-refractivity contribution in [3.05, 3.63) is 47.8 Å². The normalized spacial score (nSPS) is 10.9. The molecule has 0 atom stereocenters. The summed E-state index contributed by atoms with van der Waals surface area (Å²) in [7, 11) is 3.47. The van der Waals surface area contributed by atoms with Crippen LogP contribution in [0, 0.1) is 6.92 Å². The Bertz CT molecular complexity index is 824. The first-order valence-corrected chi connectivity index (χ1v) is 6.44. The van der Waals surface area contributed by atoms with Crippen molar-refractivity contribution in [3.63, 3.8) is 0 Å². The second-order valence-electron chi connectivity index (χ2n) is 5.08. The first-order chi connectivity index (χ1) is 9.58. The van der Waals surface area contributed by atoms with Gasteiger partial charge in [0.2, 0.25) is 0 Å². The molecule has 0 aliphatic carbocycles. The number of hydrogen-bond donors (Lipinski definition) is 0. The molecule has 0 aliphatic rings. The number of carbonyl (C=O) groups excluding carboxylic acids is 1. The van der Waals surface area contributed by atoms with Crippen molar-refractivity contribution < 1.29 is 4.79 Å². The van der Waals surface area contributed by atoms with E-state index in [-0.39, 0.29) is 5.91 Å². The molecule has 0 spiro atoms. The zero-order valence-electron chi connectivity index (χ0n) is 11.7. The van der Waals surface area contributed by atoms with Crippen molar-refractivity contribution in [1.82, 2.24) is 14.9 Å². The van der Waals surface area contributed by atoms with Crippen LogP contribution in [0.25, 0.3) is 21.8 Å². The molecule has 1 aromatic carbocycles. The summed E-state index contributed by atoms with van der Waals surface area (Å²) < 4.78 is 0. The van der Waals surface area contributed by atoms with Crippen molar-refractivity contribution in [2.24, 2.45) is 0 Å². The van der Waals surface area contributed by atoms with E-state index in [1.807, 2.05) is 37.3 Å². The third kappa shape index (κ3) is 1.90. The lowest BCUT2D eigenvalue weighted by Gasteiger charge is -2.13. The first kappa shape index (κ1) is 12.5. The fraction of sp³-hybridized carbons (Fsp3) is 0.188. The summed E-state index contributed by atoms with van der Waals surface area (Å²) in [6.07, 6.45) is 1.75. The van der Waals surface area contributed by atoms with Crippen LogP contribution >= 0.6 is 0 Å². The third-order valence-corrected chi connectivity index (χ3v) is 3.31. The highest BCUT2D eigenvalue weighted by atomic mass is 16.2. The van der Waals surface area contributed by atoms with Crippen molar-refractivity contribution in [2.75, 3.05) is 14.1 Å². The van der Waals surface area contributed by atoms with Gasteiger partial charge >= 0.3 is 0 Å². The van der Waals surface area contributed by atoms with Gasteiger partial charge in [0.15, 0.2) is 0 Å². The van der Waals surface area contributed by atoms with E-state index in [4.69, 9.17) is 0 Å². The fourth-order valence-corrected chi connectivity index (χ4v) is 2.31. The van der Waals surface area contributed by atoms with Crippen LogP contribution in [0.5, 0.6) is 0 Å². The van der Waals surface area contributed by atoms with Crippen molar-refractivity contribution in [1.29, 1.82) is 0 Å². The molecule has 0 saturated heterocycles. The highest BCUT2D eigenvalue weighted by Crippen LogP contribution is 2.26. The second kappa shape index (κ2) is 4.56. The molecule has 1 amide bonds. The summed E-state index contributed by atoms with van der Waals surface area (Å²) in [5, 5.41) is 1.82. The van der Waals surface area contributed by atoms with Crippen molar-refractivity contribution in [2.45, 2.75) is 6.92 Å². The summed E-state index contributed by atoms with van der Waals surface area (Å²) in [4.78, 5) is 22.8. The Hall–Kier alpha value is -2.49. The number of amides is 1. The zero-order valence-corrected chi connectivity index (χ0v) is 11.7. The molecule has 0 saturated carbocycles. The minimum Gasteiger partial charge on any atom is -0.343 e. The van der Waals surface area contributed by atoms with Gasteiger partial charge in [-0.1, -0.05) is 17.7 Å². The van der Waals surface area contributed by atoms with E-state index < -0.39 is 0 Å². The maximum atomic E-state index is 12.4. The quantitative estimate of drug-likeness (QED) is 0.636. The topological polar surface area (TPSA) is 46.1 Å². The van der Waals surface area contributed by atoms with E-state index in [1.165, 1.54) is 0 Å². The van der Waals surface area contributed by atoms with Crippen LogP contribution in [0.15, 0.2) is 36.5 Å². The van der Waals surface area contributed by atoms with Gasteiger partial charge in [0, 0.05) is 31.1 Å². The zero-order chi connectivity index (χ0) is 14.3. The van der Waals surface area contributed by atoms with Crippen LogP contribution in [-0.4, -0.2) is 34.9 Å². The van der Waals surface area contributed by atoms with Gasteiger partial charge in [-0.15, -0.1) is 0 Å². The third-order valence-electron chi connectivity index (χ3n) is 3.31. The molecule has 4 heteroatoms. The maximum absolute atomic E-state index is 12.4. The van der Waals surface area contributed by atoms with Gasteiger partial charge in [-0.25, -0.2) is 4.98 Å². The van der Waals surface area contributed by atoms with Crippen LogP contribution in [0.1, 0.15) is 16.1 Å². The van der Waals surface area contributed by atoms with Crippen LogP contribution in [0.3, 0.4) is 0 Å². The predicted octanol–water partition coefficient (Wildman–Crippen LogP) is 2.79. The van der Waals surface area contributed by atoms with Crippen molar-refractivity contribution >= 4 is 27.7 Å². The minimum absolute atomic E-state index is 0.0913. The molecule has 0 bridgehead atoms. The average Bonchev–Trinajstić information content (AvgIpc) is 2.45. The molecule has 4 nitrogen and oxygen atoms in total. The number of carbonyl (C=O) groups is 1. The number of fused-ring (bicyclic) bond motifs is 3. The molecular weight excluding hydrogens is 250 g/mol. The molecule has 100 valence electrons. The smallest absolute Gasteiger partial charge is 0.272 e. The number of aryl methyl sites for hydroxylation is 1. The van der Waals surface area contributed by atoms with E-state index in [0.29, 0.717) is 5.69 Å². The summed E-state index contributed by atoms with van der Waals surface area (Å²) in [6, 6.07) is 9.75. The summed E-state index contributed by atoms with van der Waals surface area (Å²) in [5.41, 5.74) is 3.16. The molecule has 0 N–H and O–H groups in total. The number of benzene rings is 1. The van der Waals surface area contributed by atoms with Gasteiger partial charge in [-0.05, 0) is 25.1 Å². The first-order valence-electron chi connectivity index (χ1n) is 6.44. The molecule has 2 aromatic heterocycles. The molecule has 3 rings (SSSR count). The van der Waals surface area contributed by atoms with E-state index >= 15 is 0 Å². The summed E-state index contributed by atoms with van der Waals surface area (Å²) in [6.45, 7) is 2.01. The molecule has 0 radical (unpaired) electrons. The Balaban J connectivity index is 2.47. The van der Waals surface area contributed by atoms with Crippen LogP contribution in [0.2, 0.25) is 0 Å². The number of hydrogen-bond acceptors (Lipinski definition) is 3. The van der Waals surface area contributed by atoms with Gasteiger partial charge in [0.1, 0.15) is 5.69 Å². The second-order valence-corrected chi connectivity index (χ2v) is 5.08. The number of pyridine rings is 2. The lowest BCUT2D eigenvalue weighted by Crippen LogP contribution is -2.23. The van der Waals surface area contributed by atoms with E-state index in [2.05, 4.69) is 9.97 Å². The Morgan fingerprint density at radius 2 is 1.95 bits per heavy atom. The molecule has 2 heterocycles. The minimum atomic E-state index is -0.0913. The fourth-order valence-electron chi connectivity index (χ4n) is 2.31. The van der Waals surface area contributed by atoms with Gasteiger partial charge in [0.05, 0.1) is 11.0 Å². The predicted molar refractivity (Wildman–Crippen MR) is 79.8 cm³/mol. The molecule has 20 heavy (non-hydrogen) atoms. The summed E-state index contributed by atoms with van der Waals surface area (Å²) in [5.74, 6) is -0.0913. The number of nitrogens with zero attached hydrogens (tertiary/aromatic N) is 3. The Labute approximate surface area is 117 Å². The largest absolute Gasteiger partial charge is 0.343 e. The highest BCUT2D eigenvalue weighted by molar-refractivity contribution is 6.13. The standard InChI is InChI=1S/C16H15N3O/c1-10-6-7-11-12(9-10)15(16(20)19(2)3)18-13-5-4-8-17-14(11)13/h4-9H,1-3H3. The van der Waals surface area contributed by atoms with Gasteiger partial charge < -0.3 is 4.90 Å². The molecular formula is C16H15N3O. The van der Waals surface area contributed by atoms with Crippen LogP contribution in [0.4, 0.5) is 0 Å². The molecule has 0 fully saturated rings. The molecule has 3 aromatic rings. The van der Waals surface area contributed by atoms with E-state index in [0.717, 1.165) is 27.4 Å². The van der Waals surface area contributed by atoms with E-state index in [9.17, 15) is 4.79 Å². The maximum Gasteiger partial charge on any atom is 0.272 e. The lowest BCUT2D eigenvalue weighted by molar-refractivity contribution is 0.0824. The van der Waals surface area contributed by atoms with Gasteiger partial charge in [0.25, 0.3) is 5.91 Å². The number of aromatic nitrogens is 2. The van der Waals surface area contributed by atoms with E-state index in [1.54, 1.807) is 25.2 Å². The Morgan fingerprint density at radius 1 is 1.15 bits per heavy atom. The Morgan fingerprint density at radius 3 is 2.70 bits per heavy atom. The van der Waals surface area contributed by atoms with Crippen LogP contribution in [-0.2, 0) is 0 Å². The van der Waals surface area contributed by atoms with Gasteiger partial charge in [-0.2, -0.15) is 0 Å². The van der Waals surface area contributed by atoms with Gasteiger partial charge in [-0.3, -0.25) is 9.78 Å². The number of rotatable bonds is 1. The average molecular weight is 265 g/mol. The van der Waals surface area contributed by atoms with Crippen molar-refractivity contribution in [3.8, 4) is 0 Å². The summed E-state index contributed by atoms with van der Waals surface area (Å²) >= 11 is 0. The molecule has 0 aliphatic heterocycles. The molecule has 0 unspecified atom stereocenters. The lowest BCUT2D eigenvalue weighted by atomic mass is 10.0. The SMILES string of the molecule is Cc1ccc2c(c1)c(C(=O)N(C)C)nc1cccnc12. The highest BCUT2D eigenvalue weighted by Gasteiger charge is 2.16.